The summed E-state index contributed by atoms with van der Waals surface area (Å²) in [6.45, 7) is 6.75. The van der Waals surface area contributed by atoms with E-state index in [9.17, 15) is 9.59 Å². The molecule has 2 fully saturated rings. The first-order valence-electron chi connectivity index (χ1n) is 11.2. The third-order valence-corrected chi connectivity index (χ3v) is 6.66. The number of hydrogen-bond acceptors (Lipinski definition) is 4. The summed E-state index contributed by atoms with van der Waals surface area (Å²) < 4.78 is 2.25. The number of carbonyl (C=O) groups excluding carboxylic acids is 2. The monoisotopic (exact) mass is 411 g/mol. The Labute approximate surface area is 178 Å². The van der Waals surface area contributed by atoms with E-state index < -0.39 is 0 Å². The van der Waals surface area contributed by atoms with E-state index in [1.165, 1.54) is 0 Å². The van der Waals surface area contributed by atoms with Gasteiger partial charge in [0.05, 0.1) is 6.54 Å². The third-order valence-electron chi connectivity index (χ3n) is 6.66. The van der Waals surface area contributed by atoms with Crippen molar-refractivity contribution in [1.82, 2.24) is 24.3 Å². The molecule has 1 aliphatic heterocycles. The van der Waals surface area contributed by atoms with Crippen LogP contribution < -0.4 is 0 Å². The van der Waals surface area contributed by atoms with Crippen molar-refractivity contribution in [3.05, 3.63) is 24.2 Å². The predicted octanol–water partition coefficient (Wildman–Crippen LogP) is 2.88. The van der Waals surface area contributed by atoms with Gasteiger partial charge in [-0.3, -0.25) is 9.59 Å². The van der Waals surface area contributed by atoms with Crippen molar-refractivity contribution < 1.29 is 9.59 Å². The third kappa shape index (κ3) is 4.20. The second-order valence-electron chi connectivity index (χ2n) is 9.57. The van der Waals surface area contributed by atoms with Crippen molar-refractivity contribution in [3.8, 4) is 0 Å². The molecule has 0 N–H and O–H groups in total. The molecule has 4 rings (SSSR count). The normalized spacial score (nSPS) is 19.3. The second-order valence-corrected chi connectivity index (χ2v) is 9.57. The zero-order valence-corrected chi connectivity index (χ0v) is 18.4. The molecule has 7 nitrogen and oxygen atoms in total. The van der Waals surface area contributed by atoms with E-state index in [-0.39, 0.29) is 23.8 Å². The summed E-state index contributed by atoms with van der Waals surface area (Å²) in [6.07, 6.45) is 7.50. The number of imidazole rings is 1. The summed E-state index contributed by atoms with van der Waals surface area (Å²) in [4.78, 5) is 38.2. The van der Waals surface area contributed by atoms with Crippen molar-refractivity contribution in [2.24, 2.45) is 11.3 Å². The van der Waals surface area contributed by atoms with Crippen LogP contribution in [0.2, 0.25) is 0 Å². The molecular formula is C23H33N5O2. The molecule has 0 unspecified atom stereocenters. The number of nitrogens with zero attached hydrogens (tertiary/aromatic N) is 5. The molecule has 1 saturated carbocycles. The highest BCUT2D eigenvalue weighted by Crippen LogP contribution is 2.44. The maximum absolute atomic E-state index is 13.2. The fourth-order valence-electron chi connectivity index (χ4n) is 4.98. The minimum atomic E-state index is -0.0699. The van der Waals surface area contributed by atoms with Gasteiger partial charge in [0.25, 0.3) is 0 Å². The van der Waals surface area contributed by atoms with Gasteiger partial charge in [0.2, 0.25) is 11.8 Å². The summed E-state index contributed by atoms with van der Waals surface area (Å²) in [7, 11) is 1.80. The summed E-state index contributed by atoms with van der Waals surface area (Å²) in [5.41, 5.74) is 1.79. The Kier molecular flexibility index (Phi) is 5.80. The van der Waals surface area contributed by atoms with E-state index in [1.807, 2.05) is 18.3 Å². The van der Waals surface area contributed by atoms with Crippen LogP contribution in [0.5, 0.6) is 0 Å². The van der Waals surface area contributed by atoms with Crippen LogP contribution in [-0.2, 0) is 22.6 Å². The van der Waals surface area contributed by atoms with Gasteiger partial charge >= 0.3 is 0 Å². The number of aromatic nitrogens is 3. The molecule has 2 aliphatic rings. The fraction of sp³-hybridized carbons (Fsp3) is 0.652. The molecule has 7 heteroatoms. The molecule has 0 spiro atoms. The van der Waals surface area contributed by atoms with E-state index in [0.717, 1.165) is 55.6 Å². The Balaban J connectivity index is 1.58. The van der Waals surface area contributed by atoms with Crippen LogP contribution in [0.25, 0.3) is 11.2 Å². The molecule has 2 amide bonds. The maximum Gasteiger partial charge on any atom is 0.241 e. The first-order valence-corrected chi connectivity index (χ1v) is 11.2. The van der Waals surface area contributed by atoms with Crippen LogP contribution in [0.4, 0.5) is 0 Å². The quantitative estimate of drug-likeness (QED) is 0.733. The highest BCUT2D eigenvalue weighted by atomic mass is 16.2. The zero-order chi connectivity index (χ0) is 21.3. The highest BCUT2D eigenvalue weighted by Gasteiger charge is 2.39. The van der Waals surface area contributed by atoms with Gasteiger partial charge < -0.3 is 14.4 Å². The summed E-state index contributed by atoms with van der Waals surface area (Å²) in [5.74, 6) is 1.67. The topological polar surface area (TPSA) is 71.3 Å². The van der Waals surface area contributed by atoms with Gasteiger partial charge in [-0.2, -0.15) is 0 Å². The van der Waals surface area contributed by atoms with Gasteiger partial charge in [0.15, 0.2) is 5.65 Å². The number of piperazine rings is 1. The van der Waals surface area contributed by atoms with Gasteiger partial charge in [-0.1, -0.05) is 26.7 Å². The standard InChI is InChI=1S/C23H33N5O2/c1-17(2)15-28-19(25-18-7-6-10-24-22(18)28)13-23(8-4-5-9-23)14-20(29)27-12-11-26(3)21(30)16-27/h6-7,10,17H,4-5,8-9,11-16H2,1-3H3. The first-order chi connectivity index (χ1) is 14.4. The number of likely N-dealkylation sites (N-methyl/N-ethyl adjacent to an activating group) is 1. The SMILES string of the molecule is CC(C)Cn1c(CC2(CC(=O)N3CCN(C)C(=O)C3)CCCC2)nc2cccnc21. The van der Waals surface area contributed by atoms with Gasteiger partial charge in [-0.05, 0) is 36.3 Å². The molecule has 0 bridgehead atoms. The Hall–Kier alpha value is -2.44. The van der Waals surface area contributed by atoms with Crippen LogP contribution in [-0.4, -0.2) is 62.8 Å². The van der Waals surface area contributed by atoms with Crippen molar-refractivity contribution in [3.63, 3.8) is 0 Å². The largest absolute Gasteiger partial charge is 0.342 e. The fourth-order valence-corrected chi connectivity index (χ4v) is 4.98. The molecule has 2 aromatic rings. The second kappa shape index (κ2) is 8.36. The van der Waals surface area contributed by atoms with Crippen LogP contribution in [0.1, 0.15) is 51.8 Å². The zero-order valence-electron chi connectivity index (χ0n) is 18.4. The average molecular weight is 412 g/mol. The van der Waals surface area contributed by atoms with Crippen molar-refractivity contribution in [2.45, 2.75) is 58.9 Å². The molecule has 0 atom stereocenters. The minimum Gasteiger partial charge on any atom is -0.342 e. The number of rotatable bonds is 6. The predicted molar refractivity (Wildman–Crippen MR) is 116 cm³/mol. The number of amides is 2. The van der Waals surface area contributed by atoms with E-state index in [4.69, 9.17) is 4.98 Å². The van der Waals surface area contributed by atoms with Crippen molar-refractivity contribution >= 4 is 23.0 Å². The van der Waals surface area contributed by atoms with Gasteiger partial charge in [0, 0.05) is 45.7 Å². The van der Waals surface area contributed by atoms with Crippen molar-refractivity contribution in [1.29, 1.82) is 0 Å². The Morgan fingerprint density at radius 3 is 2.70 bits per heavy atom. The van der Waals surface area contributed by atoms with E-state index in [2.05, 4.69) is 23.4 Å². The maximum atomic E-state index is 13.2. The smallest absolute Gasteiger partial charge is 0.241 e. The van der Waals surface area contributed by atoms with Crippen LogP contribution >= 0.6 is 0 Å². The molecule has 0 radical (unpaired) electrons. The molecular weight excluding hydrogens is 378 g/mol. The van der Waals surface area contributed by atoms with Gasteiger partial charge in [0.1, 0.15) is 11.3 Å². The lowest BCUT2D eigenvalue weighted by atomic mass is 9.78. The summed E-state index contributed by atoms with van der Waals surface area (Å²) in [5, 5.41) is 0. The summed E-state index contributed by atoms with van der Waals surface area (Å²) >= 11 is 0. The minimum absolute atomic E-state index is 0.0277. The molecule has 162 valence electrons. The molecule has 3 heterocycles. The molecule has 30 heavy (non-hydrogen) atoms. The molecule has 1 saturated heterocycles. The lowest BCUT2D eigenvalue weighted by molar-refractivity contribution is -0.145. The lowest BCUT2D eigenvalue weighted by Gasteiger charge is -2.35. The molecule has 1 aliphatic carbocycles. The lowest BCUT2D eigenvalue weighted by Crippen LogP contribution is -2.51. The van der Waals surface area contributed by atoms with Gasteiger partial charge in [-0.15, -0.1) is 0 Å². The van der Waals surface area contributed by atoms with E-state index >= 15 is 0 Å². The van der Waals surface area contributed by atoms with Crippen LogP contribution in [0.15, 0.2) is 18.3 Å². The van der Waals surface area contributed by atoms with Crippen LogP contribution in [0.3, 0.4) is 0 Å². The van der Waals surface area contributed by atoms with E-state index in [1.54, 1.807) is 16.8 Å². The molecule has 2 aromatic heterocycles. The molecule has 0 aromatic carbocycles. The van der Waals surface area contributed by atoms with Crippen LogP contribution in [0, 0.1) is 11.3 Å². The Morgan fingerprint density at radius 2 is 2.00 bits per heavy atom. The highest BCUT2D eigenvalue weighted by molar-refractivity contribution is 5.86. The van der Waals surface area contributed by atoms with Crippen molar-refractivity contribution in [2.75, 3.05) is 26.7 Å². The Bertz CT molecular complexity index is 929. The number of pyridine rings is 1. The van der Waals surface area contributed by atoms with Gasteiger partial charge in [-0.25, -0.2) is 9.97 Å². The number of hydrogen-bond donors (Lipinski definition) is 0. The average Bonchev–Trinajstić information content (AvgIpc) is 3.29. The number of fused-ring (bicyclic) bond motifs is 1. The first kappa shape index (κ1) is 20.8. The summed E-state index contributed by atoms with van der Waals surface area (Å²) in [6, 6.07) is 3.95. The number of carbonyl (C=O) groups is 2. The Morgan fingerprint density at radius 1 is 1.23 bits per heavy atom. The van der Waals surface area contributed by atoms with E-state index in [0.29, 0.717) is 25.4 Å².